The third kappa shape index (κ3) is 4.33. The lowest BCUT2D eigenvalue weighted by atomic mass is 10.2. The largest absolute Gasteiger partial charge is 0.486 e. The SMILES string of the molecule is CCc1cc(COc2cncc(C#CCCO)c2)n(C)n1. The van der Waals surface area contributed by atoms with Crippen LogP contribution < -0.4 is 4.74 Å². The monoisotopic (exact) mass is 285 g/mol. The average Bonchev–Trinajstić information content (AvgIpc) is 2.86. The van der Waals surface area contributed by atoms with Gasteiger partial charge in [0.1, 0.15) is 12.4 Å². The van der Waals surface area contributed by atoms with Crippen LogP contribution in [0.3, 0.4) is 0 Å². The maximum absolute atomic E-state index is 8.71. The minimum atomic E-state index is 0.0663. The van der Waals surface area contributed by atoms with Crippen molar-refractivity contribution in [2.24, 2.45) is 7.05 Å². The van der Waals surface area contributed by atoms with E-state index in [1.54, 1.807) is 12.4 Å². The fourth-order valence-corrected chi connectivity index (χ4v) is 1.82. The van der Waals surface area contributed by atoms with Crippen molar-refractivity contribution in [2.45, 2.75) is 26.4 Å². The topological polar surface area (TPSA) is 60.2 Å². The molecule has 2 aromatic rings. The Morgan fingerprint density at radius 3 is 2.90 bits per heavy atom. The molecule has 0 fully saturated rings. The van der Waals surface area contributed by atoms with Gasteiger partial charge in [-0.1, -0.05) is 18.8 Å². The molecule has 0 aliphatic heterocycles. The summed E-state index contributed by atoms with van der Waals surface area (Å²) < 4.78 is 7.57. The Labute approximate surface area is 124 Å². The average molecular weight is 285 g/mol. The van der Waals surface area contributed by atoms with Crippen molar-refractivity contribution < 1.29 is 9.84 Å². The van der Waals surface area contributed by atoms with Gasteiger partial charge in [-0.15, -0.1) is 0 Å². The van der Waals surface area contributed by atoms with Gasteiger partial charge >= 0.3 is 0 Å². The Bertz CT molecular complexity index is 653. The van der Waals surface area contributed by atoms with Crippen LogP contribution in [0.4, 0.5) is 0 Å². The zero-order chi connectivity index (χ0) is 15.1. The summed E-state index contributed by atoms with van der Waals surface area (Å²) in [5.74, 6) is 6.47. The van der Waals surface area contributed by atoms with Crippen molar-refractivity contribution in [1.29, 1.82) is 0 Å². The van der Waals surface area contributed by atoms with E-state index in [0.29, 0.717) is 18.8 Å². The molecule has 2 heterocycles. The fourth-order valence-electron chi connectivity index (χ4n) is 1.82. The molecule has 0 aliphatic carbocycles. The van der Waals surface area contributed by atoms with E-state index in [9.17, 15) is 0 Å². The minimum Gasteiger partial charge on any atom is -0.486 e. The van der Waals surface area contributed by atoms with E-state index < -0.39 is 0 Å². The molecular weight excluding hydrogens is 266 g/mol. The molecule has 0 saturated heterocycles. The second-order valence-electron chi connectivity index (χ2n) is 4.58. The van der Waals surface area contributed by atoms with Crippen LogP contribution in [0.2, 0.25) is 0 Å². The lowest BCUT2D eigenvalue weighted by Crippen LogP contribution is -2.03. The first kappa shape index (κ1) is 15.1. The van der Waals surface area contributed by atoms with Gasteiger partial charge in [-0.2, -0.15) is 5.10 Å². The van der Waals surface area contributed by atoms with Gasteiger partial charge in [0, 0.05) is 25.2 Å². The van der Waals surface area contributed by atoms with Gasteiger partial charge in [-0.25, -0.2) is 0 Å². The lowest BCUT2D eigenvalue weighted by molar-refractivity contribution is 0.293. The molecule has 2 aromatic heterocycles. The van der Waals surface area contributed by atoms with Crippen molar-refractivity contribution in [2.75, 3.05) is 6.61 Å². The van der Waals surface area contributed by atoms with Crippen LogP contribution in [0.1, 0.15) is 30.3 Å². The van der Waals surface area contributed by atoms with Crippen LogP contribution in [0.15, 0.2) is 24.5 Å². The van der Waals surface area contributed by atoms with Crippen molar-refractivity contribution in [3.8, 4) is 17.6 Å². The summed E-state index contributed by atoms with van der Waals surface area (Å²) in [5.41, 5.74) is 2.85. The quantitative estimate of drug-likeness (QED) is 0.849. The smallest absolute Gasteiger partial charge is 0.139 e. The zero-order valence-electron chi connectivity index (χ0n) is 12.3. The first-order chi connectivity index (χ1) is 10.2. The Balaban J connectivity index is 2.01. The Morgan fingerprint density at radius 2 is 2.19 bits per heavy atom. The predicted molar refractivity (Wildman–Crippen MR) is 79.7 cm³/mol. The van der Waals surface area contributed by atoms with E-state index in [1.165, 1.54) is 0 Å². The van der Waals surface area contributed by atoms with Crippen molar-refractivity contribution in [1.82, 2.24) is 14.8 Å². The first-order valence-corrected chi connectivity index (χ1v) is 6.92. The molecular formula is C16H19N3O2. The predicted octanol–water partition coefficient (Wildman–Crippen LogP) is 1.69. The van der Waals surface area contributed by atoms with Crippen molar-refractivity contribution >= 4 is 0 Å². The number of rotatable bonds is 5. The van der Waals surface area contributed by atoms with E-state index in [4.69, 9.17) is 9.84 Å². The molecule has 0 radical (unpaired) electrons. The van der Waals surface area contributed by atoms with Gasteiger partial charge < -0.3 is 9.84 Å². The Hall–Kier alpha value is -2.32. The molecule has 0 aromatic carbocycles. The van der Waals surface area contributed by atoms with Gasteiger partial charge in [-0.05, 0) is 18.6 Å². The summed E-state index contributed by atoms with van der Waals surface area (Å²) in [4.78, 5) is 4.11. The highest BCUT2D eigenvalue weighted by Crippen LogP contribution is 2.13. The number of aliphatic hydroxyl groups excluding tert-OH is 1. The maximum Gasteiger partial charge on any atom is 0.139 e. The molecule has 1 N–H and O–H groups in total. The summed E-state index contributed by atoms with van der Waals surface area (Å²) >= 11 is 0. The van der Waals surface area contributed by atoms with Crippen LogP contribution in [0, 0.1) is 11.8 Å². The molecule has 0 amide bonds. The number of ether oxygens (including phenoxy) is 1. The van der Waals surface area contributed by atoms with E-state index >= 15 is 0 Å². The highest BCUT2D eigenvalue weighted by Gasteiger charge is 2.05. The molecule has 5 nitrogen and oxygen atoms in total. The molecule has 0 saturated carbocycles. The number of pyridine rings is 1. The summed E-state index contributed by atoms with van der Waals surface area (Å²) in [6, 6.07) is 3.88. The highest BCUT2D eigenvalue weighted by atomic mass is 16.5. The van der Waals surface area contributed by atoms with Crippen LogP contribution in [0.25, 0.3) is 0 Å². The number of hydrogen-bond acceptors (Lipinski definition) is 4. The first-order valence-electron chi connectivity index (χ1n) is 6.92. The summed E-state index contributed by atoms with van der Waals surface area (Å²) in [6.07, 6.45) is 4.70. The molecule has 0 atom stereocenters. The van der Waals surface area contributed by atoms with Crippen LogP contribution in [-0.4, -0.2) is 26.5 Å². The third-order valence-electron chi connectivity index (χ3n) is 2.96. The number of aromatic nitrogens is 3. The second-order valence-corrected chi connectivity index (χ2v) is 4.58. The van der Waals surface area contributed by atoms with Gasteiger partial charge in [0.15, 0.2) is 0 Å². The summed E-state index contributed by atoms with van der Waals surface area (Å²) in [7, 11) is 1.91. The second kappa shape index (κ2) is 7.46. The molecule has 0 aliphatic rings. The molecule has 110 valence electrons. The number of aryl methyl sites for hydroxylation is 2. The van der Waals surface area contributed by atoms with Gasteiger partial charge in [-0.3, -0.25) is 9.67 Å². The van der Waals surface area contributed by atoms with Gasteiger partial charge in [0.2, 0.25) is 0 Å². The maximum atomic E-state index is 8.71. The normalized spacial score (nSPS) is 10.0. The minimum absolute atomic E-state index is 0.0663. The number of nitrogens with zero attached hydrogens (tertiary/aromatic N) is 3. The lowest BCUT2D eigenvalue weighted by Gasteiger charge is -2.06. The Kier molecular flexibility index (Phi) is 5.35. The summed E-state index contributed by atoms with van der Waals surface area (Å²) in [5, 5.41) is 13.1. The molecule has 21 heavy (non-hydrogen) atoms. The van der Waals surface area contributed by atoms with Crippen LogP contribution in [0.5, 0.6) is 5.75 Å². The molecule has 0 spiro atoms. The van der Waals surface area contributed by atoms with Crippen molar-refractivity contribution in [3.05, 3.63) is 41.5 Å². The third-order valence-corrected chi connectivity index (χ3v) is 2.96. The van der Waals surface area contributed by atoms with E-state index in [-0.39, 0.29) is 6.61 Å². The van der Waals surface area contributed by atoms with Crippen LogP contribution >= 0.6 is 0 Å². The highest BCUT2D eigenvalue weighted by molar-refractivity contribution is 5.36. The van der Waals surface area contributed by atoms with Gasteiger partial charge in [0.05, 0.1) is 24.2 Å². The van der Waals surface area contributed by atoms with Gasteiger partial charge in [0.25, 0.3) is 0 Å². The van der Waals surface area contributed by atoms with Crippen molar-refractivity contribution in [3.63, 3.8) is 0 Å². The Morgan fingerprint density at radius 1 is 1.33 bits per heavy atom. The molecule has 0 bridgehead atoms. The summed E-state index contributed by atoms with van der Waals surface area (Å²) in [6.45, 7) is 2.58. The molecule has 5 heteroatoms. The fraction of sp³-hybridized carbons (Fsp3) is 0.375. The molecule has 0 unspecified atom stereocenters. The van der Waals surface area contributed by atoms with E-state index in [0.717, 1.165) is 23.4 Å². The van der Waals surface area contributed by atoms with E-state index in [2.05, 4.69) is 28.8 Å². The molecule has 2 rings (SSSR count). The number of aliphatic hydroxyl groups is 1. The van der Waals surface area contributed by atoms with Crippen LogP contribution in [-0.2, 0) is 20.1 Å². The van der Waals surface area contributed by atoms with E-state index in [1.807, 2.05) is 23.9 Å². The number of hydrogen-bond donors (Lipinski definition) is 1. The zero-order valence-corrected chi connectivity index (χ0v) is 12.3. The standard InChI is InChI=1S/C16H19N3O2/c1-3-14-9-15(19(2)18-14)12-21-16-8-13(10-17-11-16)6-4-5-7-20/h8-11,20H,3,5,7,12H2,1-2H3.